The van der Waals surface area contributed by atoms with Gasteiger partial charge < -0.3 is 9.47 Å². The van der Waals surface area contributed by atoms with E-state index in [9.17, 15) is 0 Å². The molecule has 0 unspecified atom stereocenters. The molecule has 17 heavy (non-hydrogen) atoms. The van der Waals surface area contributed by atoms with Crippen LogP contribution in [-0.2, 0) is 9.47 Å². The maximum Gasteiger partial charge on any atom is 0.160 e. The van der Waals surface area contributed by atoms with E-state index in [1.165, 1.54) is 0 Å². The smallest absolute Gasteiger partial charge is 0.160 e. The molecule has 0 N–H and O–H groups in total. The van der Waals surface area contributed by atoms with Gasteiger partial charge in [0.15, 0.2) is 6.29 Å². The van der Waals surface area contributed by atoms with Crippen LogP contribution in [-0.4, -0.2) is 19.5 Å². The van der Waals surface area contributed by atoms with Crippen molar-refractivity contribution in [2.75, 3.05) is 13.2 Å². The number of ether oxygens (including phenoxy) is 2. The first-order valence-electron chi connectivity index (χ1n) is 6.83. The van der Waals surface area contributed by atoms with Crippen LogP contribution in [0.2, 0.25) is 0 Å². The van der Waals surface area contributed by atoms with Gasteiger partial charge in [0, 0.05) is 17.8 Å². The second-order valence-electron chi connectivity index (χ2n) is 5.78. The zero-order valence-electron chi connectivity index (χ0n) is 10.9. The van der Waals surface area contributed by atoms with Gasteiger partial charge in [0.05, 0.1) is 19.3 Å². The van der Waals surface area contributed by atoms with Crippen molar-refractivity contribution in [1.82, 2.24) is 0 Å². The van der Waals surface area contributed by atoms with E-state index in [0.29, 0.717) is 17.8 Å². The van der Waals surface area contributed by atoms with Crippen LogP contribution in [0.15, 0.2) is 0 Å². The van der Waals surface area contributed by atoms with Gasteiger partial charge in [-0.1, -0.05) is 13.8 Å². The van der Waals surface area contributed by atoms with Crippen LogP contribution >= 0.6 is 0 Å². The van der Waals surface area contributed by atoms with Crippen molar-refractivity contribution in [1.29, 1.82) is 5.26 Å². The standard InChI is InChI=1S/C14H23NO2/c1-10(2)13-8-16-14(17-9-13)12-5-3-11(7-15)4-6-12/h10-14H,3-6,8-9H2,1-2H3/t11-,12-,13-,14-. The summed E-state index contributed by atoms with van der Waals surface area (Å²) in [4.78, 5) is 0. The third-order valence-electron chi connectivity index (χ3n) is 4.23. The molecule has 3 nitrogen and oxygen atoms in total. The third-order valence-corrected chi connectivity index (χ3v) is 4.23. The normalized spacial score (nSPS) is 38.9. The van der Waals surface area contributed by atoms with E-state index in [-0.39, 0.29) is 12.2 Å². The highest BCUT2D eigenvalue weighted by Gasteiger charge is 2.33. The average molecular weight is 237 g/mol. The summed E-state index contributed by atoms with van der Waals surface area (Å²) in [5.41, 5.74) is 0. The fraction of sp³-hybridized carbons (Fsp3) is 0.929. The van der Waals surface area contributed by atoms with Crippen molar-refractivity contribution in [3.05, 3.63) is 0 Å². The molecule has 2 aliphatic rings. The summed E-state index contributed by atoms with van der Waals surface area (Å²) in [5.74, 6) is 1.94. The monoisotopic (exact) mass is 237 g/mol. The Hall–Kier alpha value is -0.590. The molecule has 0 aromatic rings. The Labute approximate surface area is 104 Å². The molecule has 2 fully saturated rings. The van der Waals surface area contributed by atoms with Crippen LogP contribution in [0, 0.1) is 35.0 Å². The molecule has 0 atom stereocenters. The molecule has 2 rings (SSSR count). The molecule has 0 radical (unpaired) electrons. The van der Waals surface area contributed by atoms with E-state index >= 15 is 0 Å². The van der Waals surface area contributed by atoms with Crippen LogP contribution < -0.4 is 0 Å². The Morgan fingerprint density at radius 3 is 2.12 bits per heavy atom. The van der Waals surface area contributed by atoms with Gasteiger partial charge in [-0.25, -0.2) is 0 Å². The largest absolute Gasteiger partial charge is 0.352 e. The molecule has 0 amide bonds. The van der Waals surface area contributed by atoms with Crippen LogP contribution in [0.3, 0.4) is 0 Å². The summed E-state index contributed by atoms with van der Waals surface area (Å²) >= 11 is 0. The molecule has 1 heterocycles. The van der Waals surface area contributed by atoms with E-state index in [4.69, 9.17) is 14.7 Å². The SMILES string of the molecule is CC(C)[C@H]1CO[C@H]([C@H]2CC[C@H](C#N)CC2)OC1. The molecule has 0 bridgehead atoms. The lowest BCUT2D eigenvalue weighted by Crippen LogP contribution is -2.39. The topological polar surface area (TPSA) is 42.2 Å². The fourth-order valence-corrected chi connectivity index (χ4v) is 2.71. The Kier molecular flexibility index (Phi) is 4.42. The first-order valence-corrected chi connectivity index (χ1v) is 6.83. The van der Waals surface area contributed by atoms with E-state index in [0.717, 1.165) is 38.9 Å². The van der Waals surface area contributed by atoms with Gasteiger partial charge in [-0.3, -0.25) is 0 Å². The van der Waals surface area contributed by atoms with Crippen LogP contribution in [0.4, 0.5) is 0 Å². The van der Waals surface area contributed by atoms with Crippen molar-refractivity contribution in [2.45, 2.75) is 45.8 Å². The van der Waals surface area contributed by atoms with E-state index < -0.39 is 0 Å². The lowest BCUT2D eigenvalue weighted by molar-refractivity contribution is -0.233. The molecule has 0 aromatic carbocycles. The van der Waals surface area contributed by atoms with Gasteiger partial charge in [0.1, 0.15) is 0 Å². The third kappa shape index (κ3) is 3.20. The minimum absolute atomic E-state index is 0.00959. The lowest BCUT2D eigenvalue weighted by atomic mass is 9.82. The number of nitriles is 1. The van der Waals surface area contributed by atoms with Crippen LogP contribution in [0.1, 0.15) is 39.5 Å². The van der Waals surface area contributed by atoms with Crippen molar-refractivity contribution in [2.24, 2.45) is 23.7 Å². The number of hydrogen-bond acceptors (Lipinski definition) is 3. The summed E-state index contributed by atoms with van der Waals surface area (Å²) in [6.07, 6.45) is 4.17. The highest BCUT2D eigenvalue weighted by Crippen LogP contribution is 2.34. The van der Waals surface area contributed by atoms with Gasteiger partial charge in [0.25, 0.3) is 0 Å². The predicted molar refractivity (Wildman–Crippen MR) is 65.1 cm³/mol. The van der Waals surface area contributed by atoms with Crippen molar-refractivity contribution >= 4 is 0 Å². The van der Waals surface area contributed by atoms with E-state index in [2.05, 4.69) is 19.9 Å². The fourth-order valence-electron chi connectivity index (χ4n) is 2.71. The Balaban J connectivity index is 1.76. The maximum absolute atomic E-state index is 8.87. The predicted octanol–water partition coefficient (Wildman–Crippen LogP) is 2.96. The second-order valence-corrected chi connectivity index (χ2v) is 5.78. The highest BCUT2D eigenvalue weighted by molar-refractivity contribution is 4.88. The second kappa shape index (κ2) is 5.84. The molecule has 1 aliphatic carbocycles. The summed E-state index contributed by atoms with van der Waals surface area (Å²) in [5, 5.41) is 8.87. The van der Waals surface area contributed by atoms with Crippen LogP contribution in [0.25, 0.3) is 0 Å². The van der Waals surface area contributed by atoms with Gasteiger partial charge in [-0.2, -0.15) is 5.26 Å². The molecule has 0 aromatic heterocycles. The molecule has 1 saturated heterocycles. The molecule has 0 spiro atoms. The summed E-state index contributed by atoms with van der Waals surface area (Å²) in [6.45, 7) is 6.10. The summed E-state index contributed by atoms with van der Waals surface area (Å²) in [7, 11) is 0. The number of hydrogen-bond donors (Lipinski definition) is 0. The first-order chi connectivity index (χ1) is 8.20. The zero-order chi connectivity index (χ0) is 12.3. The van der Waals surface area contributed by atoms with Gasteiger partial charge in [-0.05, 0) is 31.6 Å². The lowest BCUT2D eigenvalue weighted by Gasteiger charge is -2.37. The number of nitrogens with zero attached hydrogens (tertiary/aromatic N) is 1. The Morgan fingerprint density at radius 1 is 1.06 bits per heavy atom. The molecular weight excluding hydrogens is 214 g/mol. The zero-order valence-corrected chi connectivity index (χ0v) is 10.9. The Morgan fingerprint density at radius 2 is 1.65 bits per heavy atom. The minimum Gasteiger partial charge on any atom is -0.352 e. The maximum atomic E-state index is 8.87. The molecule has 1 saturated carbocycles. The van der Waals surface area contributed by atoms with Crippen molar-refractivity contribution in [3.63, 3.8) is 0 Å². The summed E-state index contributed by atoms with van der Waals surface area (Å²) in [6, 6.07) is 2.37. The Bertz CT molecular complexity index is 268. The van der Waals surface area contributed by atoms with E-state index in [1.54, 1.807) is 0 Å². The van der Waals surface area contributed by atoms with Gasteiger partial charge in [-0.15, -0.1) is 0 Å². The molecule has 96 valence electrons. The number of rotatable bonds is 2. The highest BCUT2D eigenvalue weighted by atomic mass is 16.7. The molecule has 3 heteroatoms. The quantitative estimate of drug-likeness (QED) is 0.741. The summed E-state index contributed by atoms with van der Waals surface area (Å²) < 4.78 is 11.7. The van der Waals surface area contributed by atoms with Gasteiger partial charge in [0.2, 0.25) is 0 Å². The molecular formula is C14H23NO2. The van der Waals surface area contributed by atoms with Crippen molar-refractivity contribution < 1.29 is 9.47 Å². The van der Waals surface area contributed by atoms with Crippen molar-refractivity contribution in [3.8, 4) is 6.07 Å². The molecule has 1 aliphatic heterocycles. The average Bonchev–Trinajstić information content (AvgIpc) is 2.39. The van der Waals surface area contributed by atoms with E-state index in [1.807, 2.05) is 0 Å². The minimum atomic E-state index is -0.00959. The van der Waals surface area contributed by atoms with Crippen LogP contribution in [0.5, 0.6) is 0 Å². The van der Waals surface area contributed by atoms with Gasteiger partial charge >= 0.3 is 0 Å². The first kappa shape index (κ1) is 12.9.